The Morgan fingerprint density at radius 3 is 2.38 bits per heavy atom. The van der Waals surface area contributed by atoms with Crippen LogP contribution in [0.3, 0.4) is 0 Å². The minimum atomic E-state index is -0.343. The molecule has 1 fully saturated rings. The van der Waals surface area contributed by atoms with Crippen LogP contribution in [-0.2, 0) is 19.1 Å². The summed E-state index contributed by atoms with van der Waals surface area (Å²) in [7, 11) is 1.38. The van der Waals surface area contributed by atoms with E-state index in [1.54, 1.807) is 0 Å². The molecule has 16 heavy (non-hydrogen) atoms. The van der Waals surface area contributed by atoms with Crippen molar-refractivity contribution in [3.8, 4) is 0 Å². The van der Waals surface area contributed by atoms with E-state index in [0.717, 1.165) is 25.7 Å². The Hall–Kier alpha value is -1.06. The van der Waals surface area contributed by atoms with Crippen molar-refractivity contribution >= 4 is 11.9 Å². The number of carbonyl (C=O) groups is 2. The molecule has 0 radical (unpaired) electrons. The van der Waals surface area contributed by atoms with Crippen LogP contribution in [0.2, 0.25) is 0 Å². The first kappa shape index (κ1) is 13.0. The van der Waals surface area contributed by atoms with Crippen molar-refractivity contribution in [3.05, 3.63) is 0 Å². The highest BCUT2D eigenvalue weighted by molar-refractivity contribution is 5.73. The Kier molecular flexibility index (Phi) is 5.29. The molecule has 1 saturated carbocycles. The molecule has 0 bridgehead atoms. The maximum Gasteiger partial charge on any atom is 0.312 e. The average molecular weight is 228 g/mol. The third kappa shape index (κ3) is 3.83. The second-order valence-corrected chi connectivity index (χ2v) is 4.33. The third-order valence-corrected chi connectivity index (χ3v) is 3.19. The lowest BCUT2D eigenvalue weighted by molar-refractivity contribution is -0.154. The fourth-order valence-electron chi connectivity index (χ4n) is 2.29. The van der Waals surface area contributed by atoms with Gasteiger partial charge in [-0.15, -0.1) is 0 Å². The molecule has 92 valence electrons. The zero-order valence-electron chi connectivity index (χ0n) is 10.0. The number of hydrogen-bond donors (Lipinski definition) is 0. The maximum absolute atomic E-state index is 11.6. The van der Waals surface area contributed by atoms with Gasteiger partial charge >= 0.3 is 11.9 Å². The van der Waals surface area contributed by atoms with Gasteiger partial charge in [0.15, 0.2) is 0 Å². The zero-order chi connectivity index (χ0) is 12.0. The second-order valence-electron chi connectivity index (χ2n) is 4.33. The molecule has 0 aromatic heterocycles. The van der Waals surface area contributed by atoms with Crippen molar-refractivity contribution in [2.24, 2.45) is 11.8 Å². The summed E-state index contributed by atoms with van der Waals surface area (Å²) in [6.07, 6.45) is 5.59. The molecule has 0 saturated heterocycles. The molecule has 1 rings (SSSR count). The SMILES string of the molecule is COC(=O)C(COC(C)=O)C1CCCCC1. The fourth-order valence-corrected chi connectivity index (χ4v) is 2.29. The van der Waals surface area contributed by atoms with Gasteiger partial charge in [-0.1, -0.05) is 19.3 Å². The summed E-state index contributed by atoms with van der Waals surface area (Å²) in [6.45, 7) is 1.52. The minimum absolute atomic E-state index is 0.159. The largest absolute Gasteiger partial charge is 0.469 e. The highest BCUT2D eigenvalue weighted by atomic mass is 16.5. The van der Waals surface area contributed by atoms with Gasteiger partial charge in [0.05, 0.1) is 13.0 Å². The molecule has 0 N–H and O–H groups in total. The highest BCUT2D eigenvalue weighted by Crippen LogP contribution is 2.30. The van der Waals surface area contributed by atoms with Crippen LogP contribution in [-0.4, -0.2) is 25.7 Å². The van der Waals surface area contributed by atoms with Gasteiger partial charge in [0.25, 0.3) is 0 Å². The van der Waals surface area contributed by atoms with E-state index in [1.165, 1.54) is 20.5 Å². The summed E-state index contributed by atoms with van der Waals surface area (Å²) in [5.74, 6) is -0.576. The van der Waals surface area contributed by atoms with Gasteiger partial charge in [-0.2, -0.15) is 0 Å². The molecule has 0 spiro atoms. The molecule has 1 aliphatic carbocycles. The number of ether oxygens (including phenoxy) is 2. The van der Waals surface area contributed by atoms with Crippen molar-refractivity contribution in [2.45, 2.75) is 39.0 Å². The molecular weight excluding hydrogens is 208 g/mol. The number of methoxy groups -OCH3 is 1. The van der Waals surface area contributed by atoms with Crippen LogP contribution in [0.15, 0.2) is 0 Å². The predicted molar refractivity (Wildman–Crippen MR) is 58.7 cm³/mol. The standard InChI is InChI=1S/C12H20O4/c1-9(13)16-8-11(12(14)15-2)10-6-4-3-5-7-10/h10-11H,3-8H2,1-2H3. The molecule has 4 heteroatoms. The van der Waals surface area contributed by atoms with Crippen LogP contribution < -0.4 is 0 Å². The maximum atomic E-state index is 11.6. The van der Waals surface area contributed by atoms with E-state index in [1.807, 2.05) is 0 Å². The van der Waals surface area contributed by atoms with Gasteiger partial charge < -0.3 is 9.47 Å². The number of carbonyl (C=O) groups excluding carboxylic acids is 2. The topological polar surface area (TPSA) is 52.6 Å². The molecule has 0 amide bonds. The van der Waals surface area contributed by atoms with Crippen LogP contribution in [0.25, 0.3) is 0 Å². The van der Waals surface area contributed by atoms with E-state index in [2.05, 4.69) is 0 Å². The van der Waals surface area contributed by atoms with E-state index in [-0.39, 0.29) is 24.5 Å². The van der Waals surface area contributed by atoms with Crippen LogP contribution in [0.5, 0.6) is 0 Å². The number of esters is 2. The van der Waals surface area contributed by atoms with Gasteiger partial charge in [0.1, 0.15) is 6.61 Å². The molecule has 0 aliphatic heterocycles. The van der Waals surface area contributed by atoms with Gasteiger partial charge in [0, 0.05) is 6.92 Å². The summed E-state index contributed by atoms with van der Waals surface area (Å²) >= 11 is 0. The van der Waals surface area contributed by atoms with E-state index in [0.29, 0.717) is 5.92 Å². The molecule has 0 heterocycles. The van der Waals surface area contributed by atoms with Gasteiger partial charge in [-0.25, -0.2) is 0 Å². The first-order valence-corrected chi connectivity index (χ1v) is 5.86. The van der Waals surface area contributed by atoms with Gasteiger partial charge in [-0.05, 0) is 18.8 Å². The van der Waals surface area contributed by atoms with E-state index >= 15 is 0 Å². The minimum Gasteiger partial charge on any atom is -0.469 e. The Bertz CT molecular complexity index is 243. The molecule has 1 unspecified atom stereocenters. The lowest BCUT2D eigenvalue weighted by Gasteiger charge is -2.27. The smallest absolute Gasteiger partial charge is 0.312 e. The summed E-state index contributed by atoms with van der Waals surface area (Å²) < 4.78 is 9.71. The molecule has 1 atom stereocenters. The van der Waals surface area contributed by atoms with Crippen LogP contribution in [0, 0.1) is 11.8 Å². The Balaban J connectivity index is 2.54. The van der Waals surface area contributed by atoms with Crippen LogP contribution in [0.4, 0.5) is 0 Å². The average Bonchev–Trinajstić information content (AvgIpc) is 2.30. The molecule has 4 nitrogen and oxygen atoms in total. The number of rotatable bonds is 4. The Morgan fingerprint density at radius 1 is 1.25 bits per heavy atom. The second kappa shape index (κ2) is 6.51. The summed E-state index contributed by atoms with van der Waals surface area (Å²) in [5, 5.41) is 0. The lowest BCUT2D eigenvalue weighted by atomic mass is 9.80. The monoisotopic (exact) mass is 228 g/mol. The summed E-state index contributed by atoms with van der Waals surface area (Å²) in [6, 6.07) is 0. The van der Waals surface area contributed by atoms with Crippen molar-refractivity contribution in [1.29, 1.82) is 0 Å². The first-order valence-electron chi connectivity index (χ1n) is 5.86. The van der Waals surface area contributed by atoms with Gasteiger partial charge in [-0.3, -0.25) is 9.59 Å². The highest BCUT2D eigenvalue weighted by Gasteiger charge is 2.31. The van der Waals surface area contributed by atoms with E-state index < -0.39 is 0 Å². The molecule has 1 aliphatic rings. The van der Waals surface area contributed by atoms with Crippen LogP contribution >= 0.6 is 0 Å². The van der Waals surface area contributed by atoms with Crippen LogP contribution in [0.1, 0.15) is 39.0 Å². The van der Waals surface area contributed by atoms with Crippen molar-refractivity contribution in [3.63, 3.8) is 0 Å². The fraction of sp³-hybridized carbons (Fsp3) is 0.833. The third-order valence-electron chi connectivity index (χ3n) is 3.19. The van der Waals surface area contributed by atoms with E-state index in [9.17, 15) is 9.59 Å². The van der Waals surface area contributed by atoms with Crippen molar-refractivity contribution in [2.75, 3.05) is 13.7 Å². The first-order chi connectivity index (χ1) is 7.65. The van der Waals surface area contributed by atoms with Gasteiger partial charge in [0.2, 0.25) is 0 Å². The summed E-state index contributed by atoms with van der Waals surface area (Å²) in [4.78, 5) is 22.4. The van der Waals surface area contributed by atoms with Crippen molar-refractivity contribution in [1.82, 2.24) is 0 Å². The predicted octanol–water partition coefficient (Wildman–Crippen LogP) is 1.92. The molecular formula is C12H20O4. The van der Waals surface area contributed by atoms with E-state index in [4.69, 9.17) is 9.47 Å². The zero-order valence-corrected chi connectivity index (χ0v) is 10.0. The number of hydrogen-bond acceptors (Lipinski definition) is 4. The normalized spacial score (nSPS) is 18.9. The summed E-state index contributed by atoms with van der Waals surface area (Å²) in [5.41, 5.74) is 0. The lowest BCUT2D eigenvalue weighted by Crippen LogP contribution is -2.31. The van der Waals surface area contributed by atoms with Crippen molar-refractivity contribution < 1.29 is 19.1 Å². The Morgan fingerprint density at radius 2 is 1.88 bits per heavy atom. The molecule has 0 aromatic carbocycles. The Labute approximate surface area is 96.3 Å². The molecule has 0 aromatic rings. The quantitative estimate of drug-likeness (QED) is 0.690.